The van der Waals surface area contributed by atoms with Crippen molar-refractivity contribution in [2.75, 3.05) is 23.9 Å². The van der Waals surface area contributed by atoms with Crippen LogP contribution in [0.4, 0.5) is 5.69 Å². The highest BCUT2D eigenvalue weighted by Crippen LogP contribution is 2.36. The standard InChI is InChI=1S/C26H34ClN3O6S/c1-5-18(2)28-26(32)19(3)29(16-20-9-6-7-10-22(20)27)25(31)11-8-14-30(37(4,33)34)21-12-13-23-24(15-21)36-17-35-23/h6-7,9-10,12-13,15,18-19H,5,8,11,14,16-17H2,1-4H3,(H,28,32)/t18-,19-/m1/s1. The van der Waals surface area contributed by atoms with Crippen molar-refractivity contribution in [1.82, 2.24) is 10.2 Å². The molecule has 3 rings (SSSR count). The van der Waals surface area contributed by atoms with E-state index in [4.69, 9.17) is 21.1 Å². The molecule has 9 nitrogen and oxygen atoms in total. The first-order valence-electron chi connectivity index (χ1n) is 12.2. The summed E-state index contributed by atoms with van der Waals surface area (Å²) in [5.74, 6) is 0.486. The summed E-state index contributed by atoms with van der Waals surface area (Å²) in [7, 11) is -3.62. The zero-order valence-electron chi connectivity index (χ0n) is 21.6. The maximum Gasteiger partial charge on any atom is 0.242 e. The summed E-state index contributed by atoms with van der Waals surface area (Å²) in [6, 6.07) is 11.3. The Labute approximate surface area is 223 Å². The molecule has 1 aliphatic rings. The maximum absolute atomic E-state index is 13.4. The Bertz CT molecular complexity index is 1220. The highest BCUT2D eigenvalue weighted by atomic mass is 35.5. The number of sulfonamides is 1. The van der Waals surface area contributed by atoms with Crippen LogP contribution in [0.2, 0.25) is 5.02 Å². The number of rotatable bonds is 12. The van der Waals surface area contributed by atoms with Crippen molar-refractivity contribution in [2.45, 2.75) is 58.7 Å². The monoisotopic (exact) mass is 551 g/mol. The van der Waals surface area contributed by atoms with Crippen molar-refractivity contribution in [3.8, 4) is 11.5 Å². The number of hydrogen-bond acceptors (Lipinski definition) is 6. The summed E-state index contributed by atoms with van der Waals surface area (Å²) in [5, 5.41) is 3.43. The van der Waals surface area contributed by atoms with E-state index in [0.29, 0.717) is 22.2 Å². The third-order valence-corrected chi connectivity index (χ3v) is 7.83. The largest absolute Gasteiger partial charge is 0.454 e. The van der Waals surface area contributed by atoms with Gasteiger partial charge in [-0.3, -0.25) is 13.9 Å². The Morgan fingerprint density at radius 1 is 1.11 bits per heavy atom. The molecule has 2 aromatic rings. The molecule has 1 aliphatic heterocycles. The Morgan fingerprint density at radius 2 is 1.81 bits per heavy atom. The molecule has 0 spiro atoms. The lowest BCUT2D eigenvalue weighted by Gasteiger charge is -2.30. The number of benzene rings is 2. The number of ether oxygens (including phenoxy) is 2. The normalized spacial score (nSPS) is 14.1. The summed E-state index contributed by atoms with van der Waals surface area (Å²) in [5.41, 5.74) is 1.15. The molecular formula is C26H34ClN3O6S. The zero-order valence-corrected chi connectivity index (χ0v) is 23.1. The van der Waals surface area contributed by atoms with E-state index in [-0.39, 0.29) is 50.6 Å². The first-order valence-corrected chi connectivity index (χ1v) is 14.4. The van der Waals surface area contributed by atoms with Gasteiger partial charge >= 0.3 is 0 Å². The van der Waals surface area contributed by atoms with Gasteiger partial charge in [-0.15, -0.1) is 0 Å². The molecule has 1 heterocycles. The second-order valence-electron chi connectivity index (χ2n) is 9.08. The molecular weight excluding hydrogens is 518 g/mol. The van der Waals surface area contributed by atoms with Crippen LogP contribution < -0.4 is 19.1 Å². The first-order chi connectivity index (χ1) is 17.5. The van der Waals surface area contributed by atoms with Crippen molar-refractivity contribution in [1.29, 1.82) is 0 Å². The number of anilines is 1. The van der Waals surface area contributed by atoms with E-state index in [1.165, 1.54) is 9.21 Å². The minimum Gasteiger partial charge on any atom is -0.454 e. The van der Waals surface area contributed by atoms with Crippen LogP contribution >= 0.6 is 11.6 Å². The third kappa shape index (κ3) is 7.52. The Kier molecular flexibility index (Phi) is 9.67. The lowest BCUT2D eigenvalue weighted by Crippen LogP contribution is -2.49. The minimum absolute atomic E-state index is 0.0303. The number of fused-ring (bicyclic) bond motifs is 1. The van der Waals surface area contributed by atoms with Crippen molar-refractivity contribution in [3.05, 3.63) is 53.1 Å². The minimum atomic E-state index is -3.62. The van der Waals surface area contributed by atoms with E-state index in [1.807, 2.05) is 26.0 Å². The molecule has 0 bridgehead atoms. The summed E-state index contributed by atoms with van der Waals surface area (Å²) in [6.45, 7) is 5.87. The molecule has 0 unspecified atom stereocenters. The highest BCUT2D eigenvalue weighted by molar-refractivity contribution is 7.92. The summed E-state index contributed by atoms with van der Waals surface area (Å²) in [4.78, 5) is 27.7. The molecule has 0 saturated carbocycles. The highest BCUT2D eigenvalue weighted by Gasteiger charge is 2.28. The predicted molar refractivity (Wildman–Crippen MR) is 143 cm³/mol. The number of hydrogen-bond donors (Lipinski definition) is 1. The molecule has 0 saturated heterocycles. The number of nitrogens with zero attached hydrogens (tertiary/aromatic N) is 2. The molecule has 0 fully saturated rings. The quantitative estimate of drug-likeness (QED) is 0.428. The van der Waals surface area contributed by atoms with Gasteiger partial charge in [-0.05, 0) is 50.5 Å². The van der Waals surface area contributed by atoms with Gasteiger partial charge in [0.2, 0.25) is 28.6 Å². The Balaban J connectivity index is 1.74. The van der Waals surface area contributed by atoms with Crippen LogP contribution in [0.3, 0.4) is 0 Å². The van der Waals surface area contributed by atoms with Gasteiger partial charge in [-0.1, -0.05) is 36.7 Å². The molecule has 2 amide bonds. The van der Waals surface area contributed by atoms with E-state index in [0.717, 1.165) is 18.2 Å². The van der Waals surface area contributed by atoms with Crippen LogP contribution in [0.25, 0.3) is 0 Å². The summed E-state index contributed by atoms with van der Waals surface area (Å²) < 4.78 is 37.0. The van der Waals surface area contributed by atoms with Crippen LogP contribution in [0, 0.1) is 0 Å². The van der Waals surface area contributed by atoms with Crippen molar-refractivity contribution in [2.24, 2.45) is 0 Å². The van der Waals surface area contributed by atoms with E-state index in [2.05, 4.69) is 5.32 Å². The Morgan fingerprint density at radius 3 is 2.49 bits per heavy atom. The molecule has 0 radical (unpaired) electrons. The number of carbonyl (C=O) groups excluding carboxylic acids is 2. The van der Waals surface area contributed by atoms with Gasteiger partial charge in [-0.2, -0.15) is 0 Å². The number of carbonyl (C=O) groups is 2. The first kappa shape index (κ1) is 28.6. The smallest absolute Gasteiger partial charge is 0.242 e. The van der Waals surface area contributed by atoms with Crippen molar-refractivity contribution in [3.63, 3.8) is 0 Å². The fourth-order valence-corrected chi connectivity index (χ4v) is 5.06. The molecule has 37 heavy (non-hydrogen) atoms. The van der Waals surface area contributed by atoms with Crippen molar-refractivity contribution >= 4 is 39.1 Å². The molecule has 11 heteroatoms. The lowest BCUT2D eigenvalue weighted by atomic mass is 10.1. The van der Waals surface area contributed by atoms with Crippen LogP contribution in [0.1, 0.15) is 45.6 Å². The van der Waals surface area contributed by atoms with Gasteiger partial charge in [0.05, 0.1) is 11.9 Å². The Hall–Kier alpha value is -2.98. The van der Waals surface area contributed by atoms with Crippen molar-refractivity contribution < 1.29 is 27.5 Å². The van der Waals surface area contributed by atoms with Crippen LogP contribution in [-0.2, 0) is 26.2 Å². The van der Waals surface area contributed by atoms with Gasteiger partial charge in [0.15, 0.2) is 11.5 Å². The molecule has 0 aromatic heterocycles. The average molecular weight is 552 g/mol. The van der Waals surface area contributed by atoms with Crippen LogP contribution in [0.15, 0.2) is 42.5 Å². The SMILES string of the molecule is CC[C@@H](C)NC(=O)[C@@H](C)N(Cc1ccccc1Cl)C(=O)CCCN(c1ccc2c(c1)OCO2)S(C)(=O)=O. The van der Waals surface area contributed by atoms with Gasteiger partial charge in [0, 0.05) is 36.6 Å². The zero-order chi connectivity index (χ0) is 27.2. The van der Waals surface area contributed by atoms with Gasteiger partial charge in [-0.25, -0.2) is 8.42 Å². The van der Waals surface area contributed by atoms with Crippen LogP contribution in [0.5, 0.6) is 11.5 Å². The predicted octanol–water partition coefficient (Wildman–Crippen LogP) is 3.95. The summed E-state index contributed by atoms with van der Waals surface area (Å²) >= 11 is 6.34. The molecule has 202 valence electrons. The van der Waals surface area contributed by atoms with E-state index >= 15 is 0 Å². The fourth-order valence-electron chi connectivity index (χ4n) is 3.90. The topological polar surface area (TPSA) is 105 Å². The van der Waals surface area contributed by atoms with Crippen LogP contribution in [-0.4, -0.2) is 56.8 Å². The number of nitrogens with one attached hydrogen (secondary N) is 1. The summed E-state index contributed by atoms with van der Waals surface area (Å²) in [6.07, 6.45) is 2.17. The lowest BCUT2D eigenvalue weighted by molar-refractivity contribution is -0.140. The van der Waals surface area contributed by atoms with E-state index < -0.39 is 16.1 Å². The molecule has 2 aromatic carbocycles. The number of amides is 2. The molecule has 0 aliphatic carbocycles. The average Bonchev–Trinajstić information content (AvgIpc) is 3.32. The van der Waals surface area contributed by atoms with Gasteiger partial charge in [0.1, 0.15) is 6.04 Å². The third-order valence-electron chi connectivity index (χ3n) is 6.26. The van der Waals surface area contributed by atoms with E-state index in [9.17, 15) is 18.0 Å². The van der Waals surface area contributed by atoms with Gasteiger partial charge in [0.25, 0.3) is 0 Å². The van der Waals surface area contributed by atoms with E-state index in [1.54, 1.807) is 37.3 Å². The second kappa shape index (κ2) is 12.5. The number of halogens is 1. The second-order valence-corrected chi connectivity index (χ2v) is 11.4. The maximum atomic E-state index is 13.4. The molecule has 2 atom stereocenters. The molecule has 1 N–H and O–H groups in total. The fraction of sp³-hybridized carbons (Fsp3) is 0.462. The van der Waals surface area contributed by atoms with Gasteiger partial charge < -0.3 is 19.7 Å².